The molecule has 0 aromatic carbocycles. The summed E-state index contributed by atoms with van der Waals surface area (Å²) >= 11 is 0. The molecule has 1 unspecified atom stereocenters. The van der Waals surface area contributed by atoms with Gasteiger partial charge in [-0.05, 0) is 49.5 Å². The van der Waals surface area contributed by atoms with Gasteiger partial charge in [0, 0.05) is 30.7 Å². The van der Waals surface area contributed by atoms with Gasteiger partial charge >= 0.3 is 5.91 Å². The Kier molecular flexibility index (Phi) is 5.14. The number of carbonyl (C=O) groups excluding carboxylic acids is 1. The number of aryl methyl sites for hydroxylation is 1. The van der Waals surface area contributed by atoms with E-state index in [0.29, 0.717) is 18.0 Å². The lowest BCUT2D eigenvalue weighted by Crippen LogP contribution is -2.26. The zero-order valence-corrected chi connectivity index (χ0v) is 16.2. The van der Waals surface area contributed by atoms with Gasteiger partial charge in [0.15, 0.2) is 6.21 Å². The number of hydrogen-bond acceptors (Lipinski definition) is 6. The molecule has 3 heterocycles. The summed E-state index contributed by atoms with van der Waals surface area (Å²) < 4.78 is 1.61. The minimum absolute atomic E-state index is 0.0630. The third kappa shape index (κ3) is 4.08. The van der Waals surface area contributed by atoms with E-state index >= 15 is 0 Å². The number of nitrogens with one attached hydrogen (secondary N) is 2. The maximum absolute atomic E-state index is 12.3. The first-order valence-corrected chi connectivity index (χ1v) is 9.64. The Balaban J connectivity index is 1.32. The predicted octanol–water partition coefficient (Wildman–Crippen LogP) is 2.52. The Hall–Kier alpha value is -3.09. The van der Waals surface area contributed by atoms with Crippen molar-refractivity contribution in [2.45, 2.75) is 44.2 Å². The molecule has 7 nitrogen and oxygen atoms in total. The Morgan fingerprint density at radius 2 is 1.79 bits per heavy atom. The van der Waals surface area contributed by atoms with E-state index in [2.05, 4.69) is 25.6 Å². The fourth-order valence-corrected chi connectivity index (χ4v) is 3.70. The normalized spacial score (nSPS) is 24.1. The molecule has 2 aromatic rings. The Bertz CT molecular complexity index is 903. The van der Waals surface area contributed by atoms with Gasteiger partial charge in [0.25, 0.3) is 0 Å². The molecule has 1 aliphatic heterocycles. The maximum atomic E-state index is 12.3. The van der Waals surface area contributed by atoms with E-state index in [9.17, 15) is 4.79 Å². The highest BCUT2D eigenvalue weighted by Crippen LogP contribution is 2.26. The number of amides is 1. The van der Waals surface area contributed by atoms with E-state index in [1.165, 1.54) is 0 Å². The molecule has 1 amide bonds. The van der Waals surface area contributed by atoms with E-state index in [1.54, 1.807) is 24.0 Å². The van der Waals surface area contributed by atoms with Crippen LogP contribution in [0.3, 0.4) is 0 Å². The van der Waals surface area contributed by atoms with Crippen molar-refractivity contribution in [2.24, 2.45) is 0 Å². The second-order valence-corrected chi connectivity index (χ2v) is 7.52. The second kappa shape index (κ2) is 7.88. The minimum atomic E-state index is -0.258. The zero-order chi connectivity index (χ0) is 19.5. The van der Waals surface area contributed by atoms with Crippen LogP contribution in [0.1, 0.15) is 36.3 Å². The third-order valence-corrected chi connectivity index (χ3v) is 5.27. The summed E-state index contributed by atoms with van der Waals surface area (Å²) in [5.74, 6) is 1.33. The van der Waals surface area contributed by atoms with E-state index in [1.807, 2.05) is 43.6 Å². The summed E-state index contributed by atoms with van der Waals surface area (Å²) in [5, 5.41) is 6.91. The van der Waals surface area contributed by atoms with Crippen LogP contribution >= 0.6 is 0 Å². The zero-order valence-electron chi connectivity index (χ0n) is 16.2. The first-order valence-electron chi connectivity index (χ1n) is 9.64. The first-order chi connectivity index (χ1) is 13.6. The molecule has 0 bridgehead atoms. The van der Waals surface area contributed by atoms with Crippen molar-refractivity contribution in [3.05, 3.63) is 54.0 Å². The van der Waals surface area contributed by atoms with Crippen LogP contribution in [-0.2, 0) is 4.79 Å². The highest BCUT2D eigenvalue weighted by molar-refractivity contribution is 5.87. The van der Waals surface area contributed by atoms with Crippen LogP contribution in [0, 0.1) is 6.92 Å². The van der Waals surface area contributed by atoms with Crippen LogP contribution in [0.2, 0.25) is 0 Å². The van der Waals surface area contributed by atoms with Gasteiger partial charge < -0.3 is 10.6 Å². The molecule has 1 aliphatic carbocycles. The highest BCUT2D eigenvalue weighted by atomic mass is 16.2. The van der Waals surface area contributed by atoms with Crippen molar-refractivity contribution in [2.75, 3.05) is 17.7 Å². The summed E-state index contributed by atoms with van der Waals surface area (Å²) in [7, 11) is 1.77. The van der Waals surface area contributed by atoms with Crippen LogP contribution in [0.5, 0.6) is 0 Å². The quantitative estimate of drug-likeness (QED) is 0.779. The molecule has 144 valence electrons. The van der Waals surface area contributed by atoms with E-state index in [4.69, 9.17) is 0 Å². The summed E-state index contributed by atoms with van der Waals surface area (Å²) in [6.07, 6.45) is 14.2. The summed E-state index contributed by atoms with van der Waals surface area (Å²) in [6.45, 7) is 1.98. The Morgan fingerprint density at radius 3 is 2.50 bits per heavy atom. The van der Waals surface area contributed by atoms with Gasteiger partial charge in [-0.15, -0.1) is 0 Å². The molecule has 2 aliphatic rings. The number of carbonyl (C=O) groups is 1. The number of aromatic nitrogens is 3. The molecule has 1 saturated carbocycles. The molecular weight excluding hydrogens is 352 g/mol. The standard InChI is InChI=1S/C21H25N6O/c1-14-11-23-21(24-12-14)26-17-7-6-16(10-17)25-19-8-5-15(13-22-19)18-4-3-9-27(2)20(18)28/h3-5,8-9,11-13,16-18H,6-7,10H2,1-2H3,(H,22,25)(H,23,24,26)/q+1/t16-,17-,18?/m0/s1. The van der Waals surface area contributed by atoms with Gasteiger partial charge in [-0.1, -0.05) is 12.1 Å². The fraction of sp³-hybridized carbons (Fsp3) is 0.381. The molecule has 0 spiro atoms. The molecule has 4 rings (SSSR count). The van der Waals surface area contributed by atoms with Crippen molar-refractivity contribution < 1.29 is 9.37 Å². The molecule has 0 saturated heterocycles. The second-order valence-electron chi connectivity index (χ2n) is 7.52. The molecule has 7 heteroatoms. The lowest BCUT2D eigenvalue weighted by Gasteiger charge is -2.16. The lowest BCUT2D eigenvalue weighted by molar-refractivity contribution is -0.415. The van der Waals surface area contributed by atoms with Gasteiger partial charge in [-0.3, -0.25) is 0 Å². The van der Waals surface area contributed by atoms with E-state index in [0.717, 1.165) is 36.2 Å². The van der Waals surface area contributed by atoms with Crippen LogP contribution in [-0.4, -0.2) is 50.8 Å². The number of allylic oxidation sites excluding steroid dienone is 1. The Morgan fingerprint density at radius 1 is 1.04 bits per heavy atom. The van der Waals surface area contributed by atoms with Gasteiger partial charge in [0.05, 0.1) is 0 Å². The third-order valence-electron chi connectivity index (χ3n) is 5.27. The lowest BCUT2D eigenvalue weighted by atomic mass is 9.98. The van der Waals surface area contributed by atoms with E-state index < -0.39 is 0 Å². The van der Waals surface area contributed by atoms with Crippen LogP contribution in [0.15, 0.2) is 42.9 Å². The van der Waals surface area contributed by atoms with Crippen LogP contribution < -0.4 is 10.6 Å². The molecule has 3 atom stereocenters. The number of likely N-dealkylation sites (N-methyl/N-ethyl adjacent to an activating group) is 1. The topological polar surface area (TPSA) is 82.8 Å². The number of nitrogens with zero attached hydrogens (tertiary/aromatic N) is 4. The van der Waals surface area contributed by atoms with Gasteiger partial charge in [-0.2, -0.15) is 4.58 Å². The average Bonchev–Trinajstić information content (AvgIpc) is 3.13. The number of hydrogen-bond donors (Lipinski definition) is 2. The van der Waals surface area contributed by atoms with Gasteiger partial charge in [0.1, 0.15) is 18.8 Å². The number of anilines is 2. The smallest absolute Gasteiger partial charge is 0.367 e. The number of rotatable bonds is 5. The number of pyridine rings is 1. The largest absolute Gasteiger partial charge is 0.398 e. The summed E-state index contributed by atoms with van der Waals surface area (Å²) in [4.78, 5) is 25.4. The average molecular weight is 377 g/mol. The SMILES string of the molecule is Cc1cnc(N[C@H]2CC[C@H](Nc3ccc(C4C=CC=[N+](C)C4=O)cn3)C2)nc1. The summed E-state index contributed by atoms with van der Waals surface area (Å²) in [5.41, 5.74) is 1.97. The van der Waals surface area contributed by atoms with E-state index in [-0.39, 0.29) is 11.8 Å². The molecule has 28 heavy (non-hydrogen) atoms. The molecule has 1 fully saturated rings. The minimum Gasteiger partial charge on any atom is -0.367 e. The van der Waals surface area contributed by atoms with Gasteiger partial charge in [0.2, 0.25) is 5.95 Å². The Labute approximate surface area is 164 Å². The highest BCUT2D eigenvalue weighted by Gasteiger charge is 2.29. The molecular formula is C21H25N6O+. The van der Waals surface area contributed by atoms with Crippen molar-refractivity contribution >= 4 is 23.9 Å². The van der Waals surface area contributed by atoms with Gasteiger partial charge in [-0.25, -0.2) is 19.7 Å². The van der Waals surface area contributed by atoms with Crippen molar-refractivity contribution in [3.63, 3.8) is 0 Å². The molecule has 2 N–H and O–H groups in total. The van der Waals surface area contributed by atoms with Crippen molar-refractivity contribution in [1.82, 2.24) is 15.0 Å². The molecule has 0 radical (unpaired) electrons. The molecule has 2 aromatic heterocycles. The first kappa shape index (κ1) is 18.3. The van der Waals surface area contributed by atoms with Crippen LogP contribution in [0.4, 0.5) is 11.8 Å². The van der Waals surface area contributed by atoms with Crippen LogP contribution in [0.25, 0.3) is 0 Å². The summed E-state index contributed by atoms with van der Waals surface area (Å²) in [6, 6.07) is 4.65. The predicted molar refractivity (Wildman–Crippen MR) is 109 cm³/mol. The maximum Gasteiger partial charge on any atom is 0.398 e. The fourth-order valence-electron chi connectivity index (χ4n) is 3.70. The van der Waals surface area contributed by atoms with Crippen molar-refractivity contribution in [1.29, 1.82) is 0 Å². The van der Waals surface area contributed by atoms with Crippen molar-refractivity contribution in [3.8, 4) is 0 Å². The monoisotopic (exact) mass is 377 g/mol.